The van der Waals surface area contributed by atoms with Crippen LogP contribution in [-0.2, 0) is 4.79 Å². The van der Waals surface area contributed by atoms with Crippen LogP contribution in [0, 0.1) is 5.92 Å². The molecule has 1 aromatic rings. The van der Waals surface area contributed by atoms with Gasteiger partial charge in [-0.2, -0.15) is 0 Å². The molecule has 0 aromatic heterocycles. The zero-order valence-corrected chi connectivity index (χ0v) is 14.1. The number of piperazine rings is 1. The Morgan fingerprint density at radius 2 is 1.96 bits per heavy atom. The first-order valence-corrected chi connectivity index (χ1v) is 8.53. The van der Waals surface area contributed by atoms with Crippen LogP contribution in [0.2, 0.25) is 0 Å². The van der Waals surface area contributed by atoms with Gasteiger partial charge in [0, 0.05) is 31.1 Å². The summed E-state index contributed by atoms with van der Waals surface area (Å²) in [4.78, 5) is 17.5. The SMILES string of the molecule is COc1ccccc1C1CNCCN1C(=O)C1CCN(C)CC1. The molecule has 1 amide bonds. The van der Waals surface area contributed by atoms with Crippen LogP contribution in [0.15, 0.2) is 24.3 Å². The van der Waals surface area contributed by atoms with Gasteiger partial charge in [-0.05, 0) is 39.0 Å². The molecule has 2 heterocycles. The molecule has 0 bridgehead atoms. The first kappa shape index (κ1) is 16.3. The highest BCUT2D eigenvalue weighted by Gasteiger charge is 2.34. The highest BCUT2D eigenvalue weighted by Crippen LogP contribution is 2.32. The van der Waals surface area contributed by atoms with Crippen LogP contribution in [0.1, 0.15) is 24.4 Å². The van der Waals surface area contributed by atoms with Crippen LogP contribution in [0.5, 0.6) is 5.75 Å². The van der Waals surface area contributed by atoms with Gasteiger partial charge in [0.15, 0.2) is 0 Å². The van der Waals surface area contributed by atoms with Crippen LogP contribution in [0.3, 0.4) is 0 Å². The first-order chi connectivity index (χ1) is 11.2. The molecule has 126 valence electrons. The van der Waals surface area contributed by atoms with Gasteiger partial charge in [-0.1, -0.05) is 18.2 Å². The van der Waals surface area contributed by atoms with E-state index in [2.05, 4.69) is 28.2 Å². The second-order valence-electron chi connectivity index (χ2n) is 6.57. The quantitative estimate of drug-likeness (QED) is 0.918. The van der Waals surface area contributed by atoms with E-state index >= 15 is 0 Å². The summed E-state index contributed by atoms with van der Waals surface area (Å²) < 4.78 is 5.51. The van der Waals surface area contributed by atoms with Crippen molar-refractivity contribution in [1.29, 1.82) is 0 Å². The maximum Gasteiger partial charge on any atom is 0.226 e. The van der Waals surface area contributed by atoms with Crippen molar-refractivity contribution < 1.29 is 9.53 Å². The van der Waals surface area contributed by atoms with Gasteiger partial charge in [0.1, 0.15) is 5.75 Å². The van der Waals surface area contributed by atoms with Gasteiger partial charge in [-0.15, -0.1) is 0 Å². The molecule has 1 atom stereocenters. The Balaban J connectivity index is 1.80. The Kier molecular flexibility index (Phi) is 5.18. The molecule has 2 aliphatic rings. The number of nitrogens with one attached hydrogen (secondary N) is 1. The normalized spacial score (nSPS) is 23.7. The Morgan fingerprint density at radius 3 is 2.70 bits per heavy atom. The number of hydrogen-bond donors (Lipinski definition) is 1. The molecule has 2 saturated heterocycles. The van der Waals surface area contributed by atoms with Gasteiger partial charge in [0.25, 0.3) is 0 Å². The number of piperidine rings is 1. The van der Waals surface area contributed by atoms with E-state index in [1.165, 1.54) is 0 Å². The lowest BCUT2D eigenvalue weighted by molar-refractivity contribution is -0.140. The molecule has 23 heavy (non-hydrogen) atoms. The van der Waals surface area contributed by atoms with E-state index in [0.29, 0.717) is 5.91 Å². The number of likely N-dealkylation sites (tertiary alicyclic amines) is 1. The Labute approximate surface area is 138 Å². The summed E-state index contributed by atoms with van der Waals surface area (Å²) in [5, 5.41) is 3.42. The predicted octanol–water partition coefficient (Wildman–Crippen LogP) is 1.51. The van der Waals surface area contributed by atoms with Crippen LogP contribution in [0.25, 0.3) is 0 Å². The minimum absolute atomic E-state index is 0.0621. The molecular weight excluding hydrogens is 290 g/mol. The summed E-state index contributed by atoms with van der Waals surface area (Å²) >= 11 is 0. The van der Waals surface area contributed by atoms with E-state index in [-0.39, 0.29) is 12.0 Å². The van der Waals surface area contributed by atoms with Gasteiger partial charge in [-0.3, -0.25) is 4.79 Å². The van der Waals surface area contributed by atoms with E-state index in [1.807, 2.05) is 18.2 Å². The molecule has 5 heteroatoms. The maximum atomic E-state index is 13.1. The summed E-state index contributed by atoms with van der Waals surface area (Å²) in [6.45, 7) is 4.46. The summed E-state index contributed by atoms with van der Waals surface area (Å²) in [5.74, 6) is 1.35. The minimum Gasteiger partial charge on any atom is -0.496 e. The lowest BCUT2D eigenvalue weighted by atomic mass is 9.93. The number of carbonyl (C=O) groups excluding carboxylic acids is 1. The number of hydrogen-bond acceptors (Lipinski definition) is 4. The molecule has 1 unspecified atom stereocenters. The fourth-order valence-corrected chi connectivity index (χ4v) is 3.68. The zero-order valence-electron chi connectivity index (χ0n) is 14.1. The Bertz CT molecular complexity index is 541. The van der Waals surface area contributed by atoms with Gasteiger partial charge >= 0.3 is 0 Å². The molecule has 0 saturated carbocycles. The molecule has 5 nitrogen and oxygen atoms in total. The molecule has 1 aromatic carbocycles. The second kappa shape index (κ2) is 7.32. The number of amides is 1. The standard InChI is InChI=1S/C18H27N3O2/c1-20-10-7-14(8-11-20)18(22)21-12-9-19-13-16(21)15-5-3-4-6-17(15)23-2/h3-6,14,16,19H,7-13H2,1-2H3. The number of rotatable bonds is 3. The molecule has 0 spiro atoms. The monoisotopic (exact) mass is 317 g/mol. The molecule has 2 fully saturated rings. The number of benzene rings is 1. The van der Waals surface area contributed by atoms with Crippen LogP contribution < -0.4 is 10.1 Å². The van der Waals surface area contributed by atoms with Crippen LogP contribution in [-0.4, -0.2) is 62.6 Å². The fraction of sp³-hybridized carbons (Fsp3) is 0.611. The first-order valence-electron chi connectivity index (χ1n) is 8.53. The van der Waals surface area contributed by atoms with Crippen molar-refractivity contribution in [2.45, 2.75) is 18.9 Å². The molecule has 3 rings (SSSR count). The molecule has 0 aliphatic carbocycles. The predicted molar refractivity (Wildman–Crippen MR) is 90.5 cm³/mol. The highest BCUT2D eigenvalue weighted by molar-refractivity contribution is 5.79. The summed E-state index contributed by atoms with van der Waals surface area (Å²) in [6.07, 6.45) is 1.94. The van der Waals surface area contributed by atoms with E-state index in [4.69, 9.17) is 4.74 Å². The minimum atomic E-state index is 0.0621. The third-order valence-electron chi connectivity index (χ3n) is 5.09. The molecular formula is C18H27N3O2. The van der Waals surface area contributed by atoms with Crippen molar-refractivity contribution in [3.8, 4) is 5.75 Å². The second-order valence-corrected chi connectivity index (χ2v) is 6.57. The highest BCUT2D eigenvalue weighted by atomic mass is 16.5. The third kappa shape index (κ3) is 3.51. The topological polar surface area (TPSA) is 44.8 Å². The van der Waals surface area contributed by atoms with Gasteiger partial charge in [-0.25, -0.2) is 0 Å². The van der Waals surface area contributed by atoms with E-state index in [0.717, 1.165) is 56.9 Å². The van der Waals surface area contributed by atoms with E-state index in [1.54, 1.807) is 7.11 Å². The average Bonchev–Trinajstić information content (AvgIpc) is 2.62. The van der Waals surface area contributed by atoms with Crippen molar-refractivity contribution in [3.63, 3.8) is 0 Å². The smallest absolute Gasteiger partial charge is 0.226 e. The molecule has 0 radical (unpaired) electrons. The molecule has 1 N–H and O–H groups in total. The number of ether oxygens (including phenoxy) is 1. The van der Waals surface area contributed by atoms with Crippen molar-refractivity contribution in [3.05, 3.63) is 29.8 Å². The van der Waals surface area contributed by atoms with Crippen molar-refractivity contribution >= 4 is 5.91 Å². The van der Waals surface area contributed by atoms with E-state index in [9.17, 15) is 4.79 Å². The summed E-state index contributed by atoms with van der Waals surface area (Å²) in [7, 11) is 3.82. The summed E-state index contributed by atoms with van der Waals surface area (Å²) in [6, 6.07) is 8.10. The molecule has 2 aliphatic heterocycles. The van der Waals surface area contributed by atoms with Crippen LogP contribution in [0.4, 0.5) is 0 Å². The lowest BCUT2D eigenvalue weighted by Crippen LogP contribution is -2.51. The zero-order chi connectivity index (χ0) is 16.2. The summed E-state index contributed by atoms with van der Waals surface area (Å²) in [5.41, 5.74) is 1.10. The van der Waals surface area contributed by atoms with Crippen molar-refractivity contribution in [2.75, 3.05) is 46.9 Å². The third-order valence-corrected chi connectivity index (χ3v) is 5.09. The van der Waals surface area contributed by atoms with Crippen LogP contribution >= 0.6 is 0 Å². The Hall–Kier alpha value is -1.59. The Morgan fingerprint density at radius 1 is 1.22 bits per heavy atom. The number of nitrogens with zero attached hydrogens (tertiary/aromatic N) is 2. The van der Waals surface area contributed by atoms with Crippen molar-refractivity contribution in [2.24, 2.45) is 5.92 Å². The lowest BCUT2D eigenvalue weighted by Gasteiger charge is -2.40. The van der Waals surface area contributed by atoms with Crippen molar-refractivity contribution in [1.82, 2.24) is 15.1 Å². The maximum absolute atomic E-state index is 13.1. The van der Waals surface area contributed by atoms with Gasteiger partial charge < -0.3 is 19.9 Å². The number of para-hydroxylation sites is 1. The van der Waals surface area contributed by atoms with Gasteiger partial charge in [0.05, 0.1) is 13.2 Å². The number of methoxy groups -OCH3 is 1. The number of carbonyl (C=O) groups is 1. The average molecular weight is 317 g/mol. The van der Waals surface area contributed by atoms with Gasteiger partial charge in [0.2, 0.25) is 5.91 Å². The largest absolute Gasteiger partial charge is 0.496 e. The van der Waals surface area contributed by atoms with E-state index < -0.39 is 0 Å². The fourth-order valence-electron chi connectivity index (χ4n) is 3.68.